The summed E-state index contributed by atoms with van der Waals surface area (Å²) in [7, 11) is -3.49. The number of aryl methyl sites for hydroxylation is 1. The van der Waals surface area contributed by atoms with Crippen molar-refractivity contribution < 1.29 is 40.6 Å². The highest BCUT2D eigenvalue weighted by Crippen LogP contribution is 2.45. The monoisotopic (exact) mass is 622 g/mol. The zero-order chi connectivity index (χ0) is 29.9. The average molecular weight is 623 g/mol. The van der Waals surface area contributed by atoms with Crippen LogP contribution in [-0.4, -0.2) is 87.5 Å². The van der Waals surface area contributed by atoms with Gasteiger partial charge in [-0.2, -0.15) is 26.9 Å². The van der Waals surface area contributed by atoms with E-state index in [2.05, 4.69) is 20.3 Å². The summed E-state index contributed by atoms with van der Waals surface area (Å²) in [6.45, 7) is -0.304. The Morgan fingerprint density at radius 1 is 1.10 bits per heavy atom. The number of aliphatic hydroxyl groups excluding tert-OH is 2. The van der Waals surface area contributed by atoms with Crippen LogP contribution in [0.2, 0.25) is 0 Å². The third-order valence-corrected chi connectivity index (χ3v) is 9.20. The number of sulfone groups is 1. The van der Waals surface area contributed by atoms with Crippen molar-refractivity contribution in [2.24, 2.45) is 5.92 Å². The Kier molecular flexibility index (Phi) is 7.61. The van der Waals surface area contributed by atoms with E-state index in [0.29, 0.717) is 16.1 Å². The number of alkyl halides is 5. The average Bonchev–Trinajstić information content (AvgIpc) is 3.56. The van der Waals surface area contributed by atoms with E-state index in [-0.39, 0.29) is 29.6 Å². The number of nitrogens with zero attached hydrogens (tertiary/aromatic N) is 4. The number of thiazole rings is 1. The first kappa shape index (κ1) is 29.7. The smallest absolute Gasteiger partial charge is 0.390 e. The van der Waals surface area contributed by atoms with Crippen LogP contribution in [-0.2, 0) is 9.84 Å². The number of halogens is 5. The van der Waals surface area contributed by atoms with Crippen LogP contribution in [0.25, 0.3) is 20.8 Å². The zero-order valence-corrected chi connectivity index (χ0v) is 23.4. The Hall–Kier alpha value is -2.76. The van der Waals surface area contributed by atoms with Crippen LogP contribution in [0.5, 0.6) is 0 Å². The third kappa shape index (κ3) is 6.22. The van der Waals surface area contributed by atoms with Crippen LogP contribution in [0.3, 0.4) is 0 Å². The lowest BCUT2D eigenvalue weighted by atomic mass is 10.1. The topological polar surface area (TPSA) is 150 Å². The van der Waals surface area contributed by atoms with Gasteiger partial charge in [0.15, 0.2) is 0 Å². The predicted molar refractivity (Wildman–Crippen MR) is 142 cm³/mol. The van der Waals surface area contributed by atoms with Crippen LogP contribution in [0.15, 0.2) is 12.3 Å². The zero-order valence-electron chi connectivity index (χ0n) is 21.8. The molecule has 0 radical (unpaired) electrons. The van der Waals surface area contributed by atoms with Crippen molar-refractivity contribution in [2.45, 2.75) is 62.5 Å². The molecule has 4 N–H and O–H groups in total. The van der Waals surface area contributed by atoms with Gasteiger partial charge in [-0.25, -0.2) is 18.4 Å². The van der Waals surface area contributed by atoms with E-state index in [1.54, 1.807) is 12.3 Å². The summed E-state index contributed by atoms with van der Waals surface area (Å²) in [5, 5.41) is 26.5. The molecule has 0 unspecified atom stereocenters. The molecule has 2 fully saturated rings. The molecule has 17 heteroatoms. The number of hydrogen-bond acceptors (Lipinski definition) is 11. The Morgan fingerprint density at radius 3 is 2.44 bits per heavy atom. The second kappa shape index (κ2) is 10.5. The molecule has 5 rings (SSSR count). The predicted octanol–water partition coefficient (Wildman–Crippen LogP) is 3.51. The molecule has 224 valence electrons. The van der Waals surface area contributed by atoms with E-state index in [0.717, 1.165) is 29.5 Å². The molecule has 0 saturated heterocycles. The van der Waals surface area contributed by atoms with Gasteiger partial charge in [0.25, 0.3) is 0 Å². The lowest BCUT2D eigenvalue weighted by molar-refractivity contribution is -0.275. The largest absolute Gasteiger partial charge is 0.455 e. The summed E-state index contributed by atoms with van der Waals surface area (Å²) in [5.41, 5.74) is 2.02. The van der Waals surface area contributed by atoms with Crippen LogP contribution in [0.4, 0.5) is 33.7 Å². The molecule has 0 aliphatic heterocycles. The lowest BCUT2D eigenvalue weighted by Gasteiger charge is -2.22. The molecule has 0 aromatic carbocycles. The fourth-order valence-electron chi connectivity index (χ4n) is 4.94. The van der Waals surface area contributed by atoms with Crippen molar-refractivity contribution in [3.63, 3.8) is 0 Å². The van der Waals surface area contributed by atoms with E-state index in [9.17, 15) is 40.6 Å². The van der Waals surface area contributed by atoms with Crippen LogP contribution in [0, 0.1) is 12.8 Å². The van der Waals surface area contributed by atoms with E-state index < -0.39 is 58.6 Å². The van der Waals surface area contributed by atoms with Crippen molar-refractivity contribution in [3.8, 4) is 10.6 Å². The second-order valence-corrected chi connectivity index (χ2v) is 13.8. The number of anilines is 2. The molecule has 2 aliphatic carbocycles. The molecule has 0 spiro atoms. The van der Waals surface area contributed by atoms with Gasteiger partial charge in [0.2, 0.25) is 5.95 Å². The number of aromatic nitrogens is 4. The van der Waals surface area contributed by atoms with Gasteiger partial charge in [0.05, 0.1) is 46.1 Å². The molecule has 2 saturated carbocycles. The normalized spacial score (nSPS) is 23.7. The Bertz CT molecular complexity index is 1560. The molecule has 10 nitrogen and oxygen atoms in total. The number of fused-ring (bicyclic) bond motifs is 1. The molecule has 0 bridgehead atoms. The van der Waals surface area contributed by atoms with E-state index in [1.807, 2.05) is 5.32 Å². The second-order valence-electron chi connectivity index (χ2n) is 10.6. The summed E-state index contributed by atoms with van der Waals surface area (Å²) in [6, 6.07) is 0.862. The number of aliphatic hydroxyl groups is 2. The standard InChI is InChI=1S/C24H27F5N6O4S2/c1-10-15(21-34-17-14(40-21)5-6-30-16(17)11-3-4-11)20(35-22(32-10)31-9-23(25,26)24(27,28)29)33-13-7-12(8-41(2,38)39)18(36)19(13)37/h5-6,11-13,18-19,36-37H,3-4,7-9H2,1-2H3,(H2,31,32,33,35)/t12-,13-,18-,19+/m1/s1. The molecular formula is C24H27F5N6O4S2. The highest BCUT2D eigenvalue weighted by Gasteiger charge is 2.57. The SMILES string of the molecule is Cc1nc(NCC(F)(F)C(F)(F)F)nc(N[C@@H]2C[C@H](CS(C)(=O)=O)[C@@H](O)[C@H]2O)c1-c1nc2c(C3CC3)nccc2s1. The van der Waals surface area contributed by atoms with E-state index in [4.69, 9.17) is 4.98 Å². The Labute approximate surface area is 235 Å². The number of nitrogens with one attached hydrogen (secondary N) is 2. The first-order chi connectivity index (χ1) is 19.0. The summed E-state index contributed by atoms with van der Waals surface area (Å²) in [5.74, 6) is -6.52. The fraction of sp³-hybridized carbons (Fsp3) is 0.583. The molecule has 41 heavy (non-hydrogen) atoms. The molecular weight excluding hydrogens is 595 g/mol. The van der Waals surface area contributed by atoms with Crippen molar-refractivity contribution in [1.82, 2.24) is 19.9 Å². The maximum atomic E-state index is 13.6. The van der Waals surface area contributed by atoms with E-state index in [1.165, 1.54) is 18.3 Å². The van der Waals surface area contributed by atoms with Crippen molar-refractivity contribution >= 4 is 43.2 Å². The van der Waals surface area contributed by atoms with Gasteiger partial charge >= 0.3 is 12.1 Å². The van der Waals surface area contributed by atoms with Gasteiger partial charge in [0.1, 0.15) is 32.3 Å². The van der Waals surface area contributed by atoms with Crippen LogP contribution < -0.4 is 10.6 Å². The molecule has 3 heterocycles. The molecule has 3 aromatic rings. The maximum absolute atomic E-state index is 13.6. The third-order valence-electron chi connectivity index (χ3n) is 7.13. The van der Waals surface area contributed by atoms with Crippen molar-refractivity contribution in [2.75, 3.05) is 29.2 Å². The minimum Gasteiger partial charge on any atom is -0.390 e. The van der Waals surface area contributed by atoms with E-state index >= 15 is 0 Å². The lowest BCUT2D eigenvalue weighted by Crippen LogP contribution is -2.42. The summed E-state index contributed by atoms with van der Waals surface area (Å²) >= 11 is 1.28. The van der Waals surface area contributed by atoms with Gasteiger partial charge in [-0.3, -0.25) is 4.98 Å². The first-order valence-corrected chi connectivity index (χ1v) is 15.5. The summed E-state index contributed by atoms with van der Waals surface area (Å²) in [4.78, 5) is 17.5. The van der Waals surface area contributed by atoms with Crippen LogP contribution >= 0.6 is 11.3 Å². The molecule has 4 atom stereocenters. The molecule has 0 amide bonds. The number of rotatable bonds is 9. The summed E-state index contributed by atoms with van der Waals surface area (Å²) in [6.07, 6.45) is -3.94. The Morgan fingerprint density at radius 2 is 1.80 bits per heavy atom. The first-order valence-electron chi connectivity index (χ1n) is 12.7. The summed E-state index contributed by atoms with van der Waals surface area (Å²) < 4.78 is 89.9. The highest BCUT2D eigenvalue weighted by molar-refractivity contribution is 7.90. The maximum Gasteiger partial charge on any atom is 0.455 e. The Balaban J connectivity index is 1.53. The van der Waals surface area contributed by atoms with Gasteiger partial charge in [-0.05, 0) is 32.3 Å². The van der Waals surface area contributed by atoms with Crippen molar-refractivity contribution in [3.05, 3.63) is 23.7 Å². The fourth-order valence-corrected chi connectivity index (χ4v) is 7.12. The molecule has 2 aliphatic rings. The highest BCUT2D eigenvalue weighted by atomic mass is 32.2. The van der Waals surface area contributed by atoms with Crippen molar-refractivity contribution in [1.29, 1.82) is 0 Å². The minimum absolute atomic E-state index is 0.0163. The van der Waals surface area contributed by atoms with Gasteiger partial charge in [-0.1, -0.05) is 0 Å². The van der Waals surface area contributed by atoms with Gasteiger partial charge in [0, 0.05) is 24.3 Å². The number of hydrogen-bond donors (Lipinski definition) is 4. The van der Waals surface area contributed by atoms with Gasteiger partial charge < -0.3 is 20.8 Å². The molecule has 3 aromatic heterocycles. The van der Waals surface area contributed by atoms with Gasteiger partial charge in [-0.15, -0.1) is 11.3 Å². The number of pyridine rings is 1. The van der Waals surface area contributed by atoms with Crippen LogP contribution in [0.1, 0.15) is 36.6 Å². The minimum atomic E-state index is -5.79. The quantitative estimate of drug-likeness (QED) is 0.261.